The summed E-state index contributed by atoms with van der Waals surface area (Å²) >= 11 is 9.34. The number of aromatic nitrogens is 1. The van der Waals surface area contributed by atoms with E-state index < -0.39 is 0 Å². The van der Waals surface area contributed by atoms with Gasteiger partial charge in [-0.3, -0.25) is 4.79 Å². The maximum Gasteiger partial charge on any atom is 0.230 e. The van der Waals surface area contributed by atoms with Crippen molar-refractivity contribution in [1.29, 1.82) is 0 Å². The first-order chi connectivity index (χ1) is 12.1. The molecule has 1 N–H and O–H groups in total. The lowest BCUT2D eigenvalue weighted by Gasteiger charge is -2.03. The van der Waals surface area contributed by atoms with E-state index in [0.717, 1.165) is 21.9 Å². The zero-order valence-electron chi connectivity index (χ0n) is 13.6. The molecule has 0 aliphatic rings. The largest absolute Gasteiger partial charge is 0.441 e. The summed E-state index contributed by atoms with van der Waals surface area (Å²) in [6.07, 6.45) is 0. The van der Waals surface area contributed by atoms with Crippen molar-refractivity contribution in [3.63, 3.8) is 0 Å². The molecule has 1 aromatic carbocycles. The number of hydrogen-bond donors (Lipinski definition) is 1. The Hall–Kier alpha value is -1.76. The van der Waals surface area contributed by atoms with Crippen LogP contribution in [0, 0.1) is 6.92 Å². The zero-order chi connectivity index (χ0) is 17.6. The van der Waals surface area contributed by atoms with Crippen molar-refractivity contribution in [2.75, 3.05) is 5.75 Å². The van der Waals surface area contributed by atoms with E-state index in [0.29, 0.717) is 29.0 Å². The first-order valence-electron chi connectivity index (χ1n) is 7.71. The number of carbonyl (C=O) groups is 1. The molecule has 1 amide bonds. The summed E-state index contributed by atoms with van der Waals surface area (Å²) in [5, 5.41) is 5.52. The number of aryl methyl sites for hydroxylation is 1. The van der Waals surface area contributed by atoms with Crippen LogP contribution in [0.5, 0.6) is 0 Å². The molecule has 0 aliphatic heterocycles. The Balaban J connectivity index is 1.52. The molecule has 130 valence electrons. The van der Waals surface area contributed by atoms with Crippen LogP contribution in [0.25, 0.3) is 11.5 Å². The van der Waals surface area contributed by atoms with Gasteiger partial charge in [0.05, 0.1) is 28.6 Å². The van der Waals surface area contributed by atoms with Crippen LogP contribution in [-0.2, 0) is 17.1 Å². The van der Waals surface area contributed by atoms with Gasteiger partial charge in [-0.2, -0.15) is 0 Å². The summed E-state index contributed by atoms with van der Waals surface area (Å²) in [7, 11) is 0. The van der Waals surface area contributed by atoms with Gasteiger partial charge in [-0.1, -0.05) is 29.8 Å². The lowest BCUT2D eigenvalue weighted by Crippen LogP contribution is -2.24. The molecule has 0 saturated heterocycles. The van der Waals surface area contributed by atoms with Gasteiger partial charge >= 0.3 is 0 Å². The smallest absolute Gasteiger partial charge is 0.230 e. The topological polar surface area (TPSA) is 55.1 Å². The number of nitrogens with one attached hydrogen (secondary N) is 1. The van der Waals surface area contributed by atoms with Crippen molar-refractivity contribution in [1.82, 2.24) is 10.3 Å². The standard InChI is InChI=1S/C18H17ClN2O2S2/c1-12-16(21-18(23-12)14-6-2-3-7-15(14)19)10-24-11-17(22)20-9-13-5-4-8-25-13/h2-8H,9-11H2,1H3,(H,20,22). The second-order valence-corrected chi connectivity index (χ2v) is 7.78. The minimum Gasteiger partial charge on any atom is -0.441 e. The fourth-order valence-electron chi connectivity index (χ4n) is 2.20. The van der Waals surface area contributed by atoms with Crippen LogP contribution < -0.4 is 5.32 Å². The average molecular weight is 393 g/mol. The third-order valence-electron chi connectivity index (χ3n) is 3.51. The third-order valence-corrected chi connectivity index (χ3v) is 5.66. The van der Waals surface area contributed by atoms with Gasteiger partial charge in [0, 0.05) is 10.6 Å². The Kier molecular flexibility index (Phi) is 6.18. The summed E-state index contributed by atoms with van der Waals surface area (Å²) in [4.78, 5) is 17.6. The van der Waals surface area contributed by atoms with Gasteiger partial charge in [-0.05, 0) is 30.5 Å². The Bertz CT molecular complexity index is 847. The summed E-state index contributed by atoms with van der Waals surface area (Å²) < 4.78 is 5.73. The molecule has 0 atom stereocenters. The summed E-state index contributed by atoms with van der Waals surface area (Å²) in [6, 6.07) is 11.4. The molecule has 0 saturated carbocycles. The number of benzene rings is 1. The number of nitrogens with zero attached hydrogens (tertiary/aromatic N) is 1. The quantitative estimate of drug-likeness (QED) is 0.620. The highest BCUT2D eigenvalue weighted by molar-refractivity contribution is 7.99. The van der Waals surface area contributed by atoms with E-state index >= 15 is 0 Å². The van der Waals surface area contributed by atoms with Crippen LogP contribution in [0.1, 0.15) is 16.3 Å². The van der Waals surface area contributed by atoms with Crippen LogP contribution >= 0.6 is 34.7 Å². The predicted molar refractivity (Wildman–Crippen MR) is 104 cm³/mol. The third kappa shape index (κ3) is 4.87. The lowest BCUT2D eigenvalue weighted by molar-refractivity contribution is -0.118. The SMILES string of the molecule is Cc1oc(-c2ccccc2Cl)nc1CSCC(=O)NCc1cccs1. The highest BCUT2D eigenvalue weighted by Gasteiger charge is 2.14. The van der Waals surface area contributed by atoms with Crippen molar-refractivity contribution < 1.29 is 9.21 Å². The second kappa shape index (κ2) is 8.56. The molecule has 4 nitrogen and oxygen atoms in total. The normalized spacial score (nSPS) is 10.8. The van der Waals surface area contributed by atoms with E-state index in [1.165, 1.54) is 11.8 Å². The van der Waals surface area contributed by atoms with Crippen molar-refractivity contribution in [3.8, 4) is 11.5 Å². The Morgan fingerprint density at radius 1 is 1.32 bits per heavy atom. The van der Waals surface area contributed by atoms with E-state index in [1.807, 2.05) is 48.7 Å². The molecule has 0 radical (unpaired) electrons. The van der Waals surface area contributed by atoms with Crippen LogP contribution in [0.2, 0.25) is 5.02 Å². The highest BCUT2D eigenvalue weighted by Crippen LogP contribution is 2.29. The summed E-state index contributed by atoms with van der Waals surface area (Å²) in [6.45, 7) is 2.46. The first-order valence-corrected chi connectivity index (χ1v) is 10.1. The fraction of sp³-hybridized carbons (Fsp3) is 0.222. The molecule has 3 aromatic rings. The molecular weight excluding hydrogens is 376 g/mol. The molecule has 0 aliphatic carbocycles. The molecule has 0 bridgehead atoms. The van der Waals surface area contributed by atoms with Gasteiger partial charge < -0.3 is 9.73 Å². The number of rotatable bonds is 7. The van der Waals surface area contributed by atoms with E-state index in [1.54, 1.807) is 11.3 Å². The zero-order valence-corrected chi connectivity index (χ0v) is 16.0. The van der Waals surface area contributed by atoms with Gasteiger partial charge in [-0.15, -0.1) is 23.1 Å². The van der Waals surface area contributed by atoms with E-state index in [-0.39, 0.29) is 5.91 Å². The fourth-order valence-corrected chi connectivity index (χ4v) is 3.91. The molecule has 25 heavy (non-hydrogen) atoms. The number of thioether (sulfide) groups is 1. The Labute approximate surface area is 159 Å². The first kappa shape index (κ1) is 18.0. The second-order valence-electron chi connectivity index (χ2n) is 5.35. The van der Waals surface area contributed by atoms with E-state index in [4.69, 9.17) is 16.0 Å². The lowest BCUT2D eigenvalue weighted by atomic mass is 10.2. The summed E-state index contributed by atoms with van der Waals surface area (Å²) in [5.41, 5.74) is 1.61. The predicted octanol–water partition coefficient (Wildman–Crippen LogP) is 4.91. The van der Waals surface area contributed by atoms with Crippen LogP contribution in [0.3, 0.4) is 0 Å². The van der Waals surface area contributed by atoms with Gasteiger partial charge in [0.1, 0.15) is 5.76 Å². The number of hydrogen-bond acceptors (Lipinski definition) is 5. The van der Waals surface area contributed by atoms with E-state index in [2.05, 4.69) is 10.3 Å². The maximum absolute atomic E-state index is 11.9. The molecule has 2 aromatic heterocycles. The number of halogens is 1. The van der Waals surface area contributed by atoms with Crippen molar-refractivity contribution in [2.45, 2.75) is 19.2 Å². The van der Waals surface area contributed by atoms with Gasteiger partial charge in [0.25, 0.3) is 0 Å². The summed E-state index contributed by atoms with van der Waals surface area (Å²) in [5.74, 6) is 2.29. The van der Waals surface area contributed by atoms with Crippen LogP contribution in [0.4, 0.5) is 0 Å². The molecule has 7 heteroatoms. The molecule has 3 rings (SSSR count). The van der Waals surface area contributed by atoms with Gasteiger partial charge in [0.2, 0.25) is 11.8 Å². The van der Waals surface area contributed by atoms with Crippen molar-refractivity contribution in [2.24, 2.45) is 0 Å². The molecule has 2 heterocycles. The van der Waals surface area contributed by atoms with Gasteiger partial charge in [-0.25, -0.2) is 4.98 Å². The average Bonchev–Trinajstić information content (AvgIpc) is 3.24. The van der Waals surface area contributed by atoms with Gasteiger partial charge in [0.15, 0.2) is 0 Å². The highest BCUT2D eigenvalue weighted by atomic mass is 35.5. The molecular formula is C18H17ClN2O2S2. The maximum atomic E-state index is 11.9. The number of carbonyl (C=O) groups excluding carboxylic acids is 1. The molecule has 0 unspecified atom stereocenters. The van der Waals surface area contributed by atoms with Crippen molar-refractivity contribution in [3.05, 3.63) is 63.1 Å². The van der Waals surface area contributed by atoms with Crippen molar-refractivity contribution >= 4 is 40.6 Å². The minimum atomic E-state index is 0.0193. The number of oxazole rings is 1. The minimum absolute atomic E-state index is 0.0193. The van der Waals surface area contributed by atoms with Crippen LogP contribution in [-0.4, -0.2) is 16.6 Å². The number of amides is 1. The Morgan fingerprint density at radius 3 is 2.92 bits per heavy atom. The van der Waals surface area contributed by atoms with E-state index in [9.17, 15) is 4.79 Å². The monoisotopic (exact) mass is 392 g/mol. The Morgan fingerprint density at radius 2 is 2.16 bits per heavy atom. The molecule has 0 fully saturated rings. The van der Waals surface area contributed by atoms with Crippen LogP contribution in [0.15, 0.2) is 46.2 Å². The molecule has 0 spiro atoms. The number of thiophene rings is 1.